The van der Waals surface area contributed by atoms with Crippen molar-refractivity contribution in [3.8, 4) is 5.69 Å². The summed E-state index contributed by atoms with van der Waals surface area (Å²) in [6.45, 7) is 0. The van der Waals surface area contributed by atoms with Gasteiger partial charge in [0.15, 0.2) is 0 Å². The Morgan fingerprint density at radius 3 is 2.04 bits per heavy atom. The molecule has 0 spiro atoms. The average Bonchev–Trinajstić information content (AvgIpc) is 2.98. The molecule has 4 rings (SSSR count). The van der Waals surface area contributed by atoms with Crippen LogP contribution in [0.15, 0.2) is 83.7 Å². The van der Waals surface area contributed by atoms with E-state index in [2.05, 4.69) is 36.4 Å². The van der Waals surface area contributed by atoms with Crippen LogP contribution in [0.2, 0.25) is 0 Å². The van der Waals surface area contributed by atoms with Crippen LogP contribution < -0.4 is 5.56 Å². The Labute approximate surface area is 146 Å². The molecule has 0 saturated heterocycles. The van der Waals surface area contributed by atoms with Gasteiger partial charge in [-0.05, 0) is 0 Å². The van der Waals surface area contributed by atoms with E-state index in [4.69, 9.17) is 0 Å². The Morgan fingerprint density at radius 2 is 1.33 bits per heavy atom. The van der Waals surface area contributed by atoms with E-state index in [0.717, 1.165) is 20.9 Å². The number of fused-ring (bicyclic) bond motifs is 1. The van der Waals surface area contributed by atoms with Crippen LogP contribution in [0, 0.1) is 0 Å². The summed E-state index contributed by atoms with van der Waals surface area (Å²) in [5.74, 6) is 0. The summed E-state index contributed by atoms with van der Waals surface area (Å²) in [5, 5.41) is 0.838. The first-order valence-electron chi connectivity index (χ1n) is 7.76. The molecule has 116 valence electrons. The molecule has 3 aromatic carbocycles. The summed E-state index contributed by atoms with van der Waals surface area (Å²) >= 11 is 0.0229. The van der Waals surface area contributed by atoms with E-state index in [1.54, 1.807) is 0 Å². The Kier molecular flexibility index (Phi) is 4.04. The summed E-state index contributed by atoms with van der Waals surface area (Å²) in [6, 6.07) is 26.3. The van der Waals surface area contributed by atoms with Crippen LogP contribution >= 0.6 is 0 Å². The number of nitrogens with zero attached hydrogens (tertiary/aromatic N) is 1. The van der Waals surface area contributed by atoms with Gasteiger partial charge in [0.25, 0.3) is 0 Å². The quantitative estimate of drug-likeness (QED) is 0.388. The first kappa shape index (κ1) is 14.9. The number of rotatable bonds is 3. The number of hydrogen-bond acceptors (Lipinski definition) is 1. The van der Waals surface area contributed by atoms with Gasteiger partial charge in [0.2, 0.25) is 0 Å². The predicted molar refractivity (Wildman–Crippen MR) is 102 cm³/mol. The summed E-state index contributed by atoms with van der Waals surface area (Å²) in [7, 11) is 0. The summed E-state index contributed by atoms with van der Waals surface area (Å²) in [5.41, 5.74) is 3.38. The fraction of sp³-hybridized carbons (Fsp3) is 0. The Bertz CT molecular complexity index is 1060. The molecule has 24 heavy (non-hydrogen) atoms. The van der Waals surface area contributed by atoms with Gasteiger partial charge in [-0.2, -0.15) is 0 Å². The Morgan fingerprint density at radius 1 is 0.708 bits per heavy atom. The molecular weight excluding hydrogens is 361 g/mol. The van der Waals surface area contributed by atoms with Crippen molar-refractivity contribution in [2.45, 2.75) is 0 Å². The van der Waals surface area contributed by atoms with Gasteiger partial charge in [-0.3, -0.25) is 0 Å². The van der Waals surface area contributed by atoms with E-state index < -0.39 is 0 Å². The fourth-order valence-corrected chi connectivity index (χ4v) is 4.71. The maximum absolute atomic E-state index is 12.5. The molecule has 0 radical (unpaired) electrons. The number of benzene rings is 3. The van der Waals surface area contributed by atoms with E-state index in [0.29, 0.717) is 0 Å². The molecule has 0 saturated carbocycles. The first-order chi connectivity index (χ1) is 11.8. The van der Waals surface area contributed by atoms with Gasteiger partial charge in [0, 0.05) is 0 Å². The molecule has 0 unspecified atom stereocenters. The summed E-state index contributed by atoms with van der Waals surface area (Å²) in [4.78, 5) is 12.5. The second-order valence-corrected chi connectivity index (χ2v) is 7.59. The molecule has 1 heterocycles. The molecule has 0 aliphatic heterocycles. The van der Waals surface area contributed by atoms with E-state index in [1.165, 1.54) is 5.56 Å². The molecule has 0 atom stereocenters. The van der Waals surface area contributed by atoms with Gasteiger partial charge in [-0.1, -0.05) is 0 Å². The minimum absolute atomic E-state index is 0.0229. The Hall–Kier alpha value is -2.61. The molecule has 0 bridgehead atoms. The molecule has 0 N–H and O–H groups in total. The van der Waals surface area contributed by atoms with Crippen LogP contribution in [0.3, 0.4) is 0 Å². The van der Waals surface area contributed by atoms with Crippen molar-refractivity contribution >= 4 is 36.5 Å². The second kappa shape index (κ2) is 6.48. The third-order valence-electron chi connectivity index (χ3n) is 3.89. The van der Waals surface area contributed by atoms with E-state index in [9.17, 15) is 4.79 Å². The number of hydrogen-bond donors (Lipinski definition) is 0. The molecule has 0 amide bonds. The van der Waals surface area contributed by atoms with Crippen molar-refractivity contribution in [1.82, 2.24) is 3.56 Å². The molecule has 0 aliphatic carbocycles. The van der Waals surface area contributed by atoms with Crippen molar-refractivity contribution in [2.24, 2.45) is 0 Å². The zero-order valence-electron chi connectivity index (χ0n) is 12.9. The molecule has 3 heteroatoms. The van der Waals surface area contributed by atoms with Crippen LogP contribution in [-0.2, 0) is 0 Å². The molecule has 2 nitrogen and oxygen atoms in total. The standard InChI is InChI=1S/C21H15NOSe/c23-21-19-8-4-5-9-20(19)24-22(21)18-14-12-17(13-15-18)11-10-16-6-2-1-3-7-16/h1-15H/b11-10+. The SMILES string of the molecule is O=c1c2ccccc2[se]n1-c1ccc(/C=C/c2ccccc2)cc1. The van der Waals surface area contributed by atoms with Gasteiger partial charge in [0.05, 0.1) is 0 Å². The Balaban J connectivity index is 1.65. The van der Waals surface area contributed by atoms with Gasteiger partial charge in [0.1, 0.15) is 0 Å². The molecule has 0 aliphatic rings. The number of aromatic nitrogens is 1. The third-order valence-corrected chi connectivity index (χ3v) is 6.22. The molecule has 4 aromatic rings. The molecular formula is C21H15NOSe. The normalized spacial score (nSPS) is 11.3. The fourth-order valence-electron chi connectivity index (χ4n) is 2.62. The van der Waals surface area contributed by atoms with Crippen molar-refractivity contribution in [3.63, 3.8) is 0 Å². The van der Waals surface area contributed by atoms with Crippen LogP contribution in [0.5, 0.6) is 0 Å². The zero-order chi connectivity index (χ0) is 16.4. The summed E-state index contributed by atoms with van der Waals surface area (Å²) < 4.78 is 3.05. The predicted octanol–water partition coefficient (Wildman–Crippen LogP) is 4.22. The van der Waals surface area contributed by atoms with Crippen molar-refractivity contribution < 1.29 is 0 Å². The van der Waals surface area contributed by atoms with Gasteiger partial charge < -0.3 is 0 Å². The second-order valence-electron chi connectivity index (χ2n) is 5.52. The maximum atomic E-state index is 12.5. The van der Waals surface area contributed by atoms with Crippen LogP contribution in [0.1, 0.15) is 11.1 Å². The van der Waals surface area contributed by atoms with Crippen molar-refractivity contribution in [1.29, 1.82) is 0 Å². The van der Waals surface area contributed by atoms with E-state index in [1.807, 2.05) is 58.2 Å². The third kappa shape index (κ3) is 2.92. The summed E-state index contributed by atoms with van der Waals surface area (Å²) in [6.07, 6.45) is 4.18. The zero-order valence-corrected chi connectivity index (χ0v) is 14.6. The van der Waals surface area contributed by atoms with Crippen molar-refractivity contribution in [2.75, 3.05) is 0 Å². The topological polar surface area (TPSA) is 22.0 Å². The van der Waals surface area contributed by atoms with E-state index >= 15 is 0 Å². The van der Waals surface area contributed by atoms with Gasteiger partial charge in [-0.25, -0.2) is 0 Å². The monoisotopic (exact) mass is 377 g/mol. The van der Waals surface area contributed by atoms with Crippen LogP contribution in [0.25, 0.3) is 27.5 Å². The van der Waals surface area contributed by atoms with Crippen molar-refractivity contribution in [3.05, 3.63) is 100 Å². The molecule has 0 fully saturated rings. The minimum atomic E-state index is 0.0229. The average molecular weight is 376 g/mol. The first-order valence-corrected chi connectivity index (χ1v) is 9.38. The van der Waals surface area contributed by atoms with Gasteiger partial charge in [-0.15, -0.1) is 0 Å². The van der Waals surface area contributed by atoms with Gasteiger partial charge >= 0.3 is 146 Å². The van der Waals surface area contributed by atoms with Crippen LogP contribution in [0.4, 0.5) is 0 Å². The van der Waals surface area contributed by atoms with Crippen LogP contribution in [-0.4, -0.2) is 18.3 Å². The molecule has 1 aromatic heterocycles. The van der Waals surface area contributed by atoms with E-state index in [-0.39, 0.29) is 20.3 Å².